The molecule has 0 saturated heterocycles. The summed E-state index contributed by atoms with van der Waals surface area (Å²) in [5, 5.41) is 20.8. The number of halogens is 1. The van der Waals surface area contributed by atoms with Gasteiger partial charge in [0.25, 0.3) is 0 Å². The molecule has 0 spiro atoms. The fraction of sp³-hybridized carbons (Fsp3) is 0.0435. The standard InChI is InChI=1S/C23H17BrN6OS/c24-15-10-12-16(13-11-15)25-20(31)14-32-23-29-28-22(30(23)17-6-2-1-3-7-17)21-18-8-4-5-9-19(18)26-27-21/h1-13H,14H2,(H,25,31)(H,26,27). The highest BCUT2D eigenvalue weighted by Gasteiger charge is 2.20. The van der Waals surface area contributed by atoms with Gasteiger partial charge in [-0.2, -0.15) is 5.10 Å². The van der Waals surface area contributed by atoms with Crippen LogP contribution in [0.4, 0.5) is 5.69 Å². The predicted molar refractivity (Wildman–Crippen MR) is 130 cm³/mol. The number of benzene rings is 3. The topological polar surface area (TPSA) is 88.5 Å². The zero-order valence-corrected chi connectivity index (χ0v) is 19.1. The lowest BCUT2D eigenvalue weighted by atomic mass is 10.2. The van der Waals surface area contributed by atoms with E-state index in [1.54, 1.807) is 0 Å². The third kappa shape index (κ3) is 4.17. The van der Waals surface area contributed by atoms with Gasteiger partial charge < -0.3 is 5.32 Å². The number of carbonyl (C=O) groups excluding carboxylic acids is 1. The summed E-state index contributed by atoms with van der Waals surface area (Å²) in [6.45, 7) is 0. The summed E-state index contributed by atoms with van der Waals surface area (Å²) in [4.78, 5) is 12.5. The Morgan fingerprint density at radius 3 is 2.53 bits per heavy atom. The Kier molecular flexibility index (Phi) is 5.74. The van der Waals surface area contributed by atoms with Gasteiger partial charge in [0.1, 0.15) is 5.69 Å². The maximum Gasteiger partial charge on any atom is 0.234 e. The van der Waals surface area contributed by atoms with E-state index in [-0.39, 0.29) is 11.7 Å². The second-order valence-electron chi connectivity index (χ2n) is 6.94. The number of hydrogen-bond donors (Lipinski definition) is 2. The monoisotopic (exact) mass is 504 g/mol. The summed E-state index contributed by atoms with van der Waals surface area (Å²) in [7, 11) is 0. The Balaban J connectivity index is 1.45. The molecule has 0 unspecified atom stereocenters. The Hall–Kier alpha value is -3.43. The summed E-state index contributed by atoms with van der Waals surface area (Å²) in [6.07, 6.45) is 0. The lowest BCUT2D eigenvalue weighted by Gasteiger charge is -2.09. The van der Waals surface area contributed by atoms with Crippen molar-refractivity contribution in [1.82, 2.24) is 25.0 Å². The van der Waals surface area contributed by atoms with E-state index < -0.39 is 0 Å². The molecule has 0 aliphatic rings. The summed E-state index contributed by atoms with van der Waals surface area (Å²) < 4.78 is 2.89. The van der Waals surface area contributed by atoms with E-state index in [0.717, 1.165) is 26.8 Å². The van der Waals surface area contributed by atoms with Crippen molar-refractivity contribution in [1.29, 1.82) is 0 Å². The molecule has 7 nitrogen and oxygen atoms in total. The van der Waals surface area contributed by atoms with Crippen molar-refractivity contribution in [2.75, 3.05) is 11.1 Å². The molecule has 1 amide bonds. The lowest BCUT2D eigenvalue weighted by molar-refractivity contribution is -0.113. The van der Waals surface area contributed by atoms with Gasteiger partial charge in [0.15, 0.2) is 11.0 Å². The molecule has 2 heterocycles. The molecule has 5 aromatic rings. The van der Waals surface area contributed by atoms with Gasteiger partial charge in [-0.15, -0.1) is 10.2 Å². The molecule has 0 fully saturated rings. The van der Waals surface area contributed by atoms with Crippen molar-refractivity contribution < 1.29 is 4.79 Å². The first-order chi connectivity index (χ1) is 15.7. The van der Waals surface area contributed by atoms with Crippen LogP contribution < -0.4 is 5.32 Å². The highest BCUT2D eigenvalue weighted by molar-refractivity contribution is 9.10. The predicted octanol–water partition coefficient (Wildman–Crippen LogP) is 5.30. The maximum absolute atomic E-state index is 12.5. The van der Waals surface area contributed by atoms with E-state index in [2.05, 4.69) is 41.6 Å². The van der Waals surface area contributed by atoms with Gasteiger partial charge in [-0.25, -0.2) is 0 Å². The second kappa shape index (κ2) is 8.97. The van der Waals surface area contributed by atoms with Gasteiger partial charge in [-0.1, -0.05) is 64.1 Å². The molecule has 3 aromatic carbocycles. The van der Waals surface area contributed by atoms with Crippen molar-refractivity contribution in [3.05, 3.63) is 83.3 Å². The van der Waals surface area contributed by atoms with Crippen LogP contribution in [0.1, 0.15) is 0 Å². The van der Waals surface area contributed by atoms with Crippen molar-refractivity contribution in [3.8, 4) is 17.2 Å². The summed E-state index contributed by atoms with van der Waals surface area (Å²) in [5.41, 5.74) is 3.28. The van der Waals surface area contributed by atoms with E-state index in [1.165, 1.54) is 11.8 Å². The largest absolute Gasteiger partial charge is 0.325 e. The van der Waals surface area contributed by atoms with Crippen LogP contribution in [0.3, 0.4) is 0 Å². The molecule has 0 aliphatic heterocycles. The summed E-state index contributed by atoms with van der Waals surface area (Å²) in [6, 6.07) is 25.2. The number of anilines is 1. The number of aromatic amines is 1. The minimum atomic E-state index is -0.119. The number of amides is 1. The number of fused-ring (bicyclic) bond motifs is 1. The second-order valence-corrected chi connectivity index (χ2v) is 8.80. The highest BCUT2D eigenvalue weighted by Crippen LogP contribution is 2.30. The van der Waals surface area contributed by atoms with E-state index >= 15 is 0 Å². The smallest absolute Gasteiger partial charge is 0.234 e. The van der Waals surface area contributed by atoms with Crippen LogP contribution in [0.25, 0.3) is 28.1 Å². The van der Waals surface area contributed by atoms with Gasteiger partial charge in [-0.05, 0) is 42.5 Å². The number of nitrogens with one attached hydrogen (secondary N) is 2. The number of rotatable bonds is 6. The number of thioether (sulfide) groups is 1. The highest BCUT2D eigenvalue weighted by atomic mass is 79.9. The van der Waals surface area contributed by atoms with Crippen molar-refractivity contribution in [2.45, 2.75) is 5.16 Å². The fourth-order valence-corrected chi connectivity index (χ4v) is 4.34. The maximum atomic E-state index is 12.5. The molecule has 0 aliphatic carbocycles. The number of nitrogens with zero attached hydrogens (tertiary/aromatic N) is 4. The van der Waals surface area contributed by atoms with Crippen LogP contribution in [-0.2, 0) is 4.79 Å². The Morgan fingerprint density at radius 1 is 0.969 bits per heavy atom. The molecule has 32 heavy (non-hydrogen) atoms. The molecule has 2 aromatic heterocycles. The van der Waals surface area contributed by atoms with Gasteiger partial charge in [-0.3, -0.25) is 14.5 Å². The zero-order chi connectivity index (χ0) is 21.9. The minimum absolute atomic E-state index is 0.119. The van der Waals surface area contributed by atoms with E-state index in [1.807, 2.05) is 83.4 Å². The molecule has 0 bridgehead atoms. The average Bonchev–Trinajstić information content (AvgIpc) is 3.44. The van der Waals surface area contributed by atoms with Crippen LogP contribution >= 0.6 is 27.7 Å². The number of H-pyrrole nitrogens is 1. The molecule has 2 N–H and O–H groups in total. The third-order valence-corrected chi connectivity index (χ3v) is 6.25. The quantitative estimate of drug-likeness (QED) is 0.306. The van der Waals surface area contributed by atoms with Gasteiger partial charge >= 0.3 is 0 Å². The van der Waals surface area contributed by atoms with Crippen molar-refractivity contribution in [3.63, 3.8) is 0 Å². The van der Waals surface area contributed by atoms with Crippen LogP contribution in [0.5, 0.6) is 0 Å². The fourth-order valence-electron chi connectivity index (χ4n) is 3.32. The van der Waals surface area contributed by atoms with Crippen molar-refractivity contribution >= 4 is 50.2 Å². The normalized spacial score (nSPS) is 11.0. The van der Waals surface area contributed by atoms with Gasteiger partial charge in [0.05, 0.1) is 11.3 Å². The number of aromatic nitrogens is 5. The number of hydrogen-bond acceptors (Lipinski definition) is 5. The van der Waals surface area contributed by atoms with Crippen molar-refractivity contribution in [2.24, 2.45) is 0 Å². The first-order valence-corrected chi connectivity index (χ1v) is 11.6. The number of para-hydroxylation sites is 2. The Bertz CT molecular complexity index is 1380. The minimum Gasteiger partial charge on any atom is -0.325 e. The molecule has 158 valence electrons. The molecule has 5 rings (SSSR count). The Morgan fingerprint density at radius 2 is 1.72 bits per heavy atom. The summed E-state index contributed by atoms with van der Waals surface area (Å²) in [5.74, 6) is 0.693. The number of carbonyl (C=O) groups is 1. The SMILES string of the molecule is O=C(CSc1nnc(-c2n[nH]c3ccccc23)n1-c1ccccc1)Nc1ccc(Br)cc1. The molecule has 0 saturated carbocycles. The van der Waals surface area contributed by atoms with E-state index in [9.17, 15) is 4.79 Å². The average molecular weight is 505 g/mol. The third-order valence-electron chi connectivity index (χ3n) is 4.79. The van der Waals surface area contributed by atoms with Crippen LogP contribution in [-0.4, -0.2) is 36.6 Å². The molecular formula is C23H17BrN6OS. The molecule has 0 atom stereocenters. The van der Waals surface area contributed by atoms with Crippen LogP contribution in [0.2, 0.25) is 0 Å². The van der Waals surface area contributed by atoms with Crippen LogP contribution in [0.15, 0.2) is 88.5 Å². The van der Waals surface area contributed by atoms with Gasteiger partial charge in [0.2, 0.25) is 5.91 Å². The Labute approximate surface area is 196 Å². The molecule has 0 radical (unpaired) electrons. The van der Waals surface area contributed by atoms with E-state index in [0.29, 0.717) is 16.7 Å². The molecular weight excluding hydrogens is 488 g/mol. The zero-order valence-electron chi connectivity index (χ0n) is 16.7. The molecule has 9 heteroatoms. The van der Waals surface area contributed by atoms with Crippen LogP contribution in [0, 0.1) is 0 Å². The first-order valence-electron chi connectivity index (χ1n) is 9.81. The van der Waals surface area contributed by atoms with E-state index in [4.69, 9.17) is 0 Å². The lowest BCUT2D eigenvalue weighted by Crippen LogP contribution is -2.14. The first kappa shape index (κ1) is 20.5. The van der Waals surface area contributed by atoms with Gasteiger partial charge in [0, 0.05) is 21.2 Å². The summed E-state index contributed by atoms with van der Waals surface area (Å²) >= 11 is 4.72.